The van der Waals surface area contributed by atoms with Gasteiger partial charge in [-0.05, 0) is 55.9 Å². The highest BCUT2D eigenvalue weighted by atomic mass is 32.1. The highest BCUT2D eigenvalue weighted by Gasteiger charge is 2.25. The van der Waals surface area contributed by atoms with Gasteiger partial charge in [-0.3, -0.25) is 0 Å². The molecule has 0 spiro atoms. The van der Waals surface area contributed by atoms with Crippen molar-refractivity contribution in [2.24, 2.45) is 0 Å². The van der Waals surface area contributed by atoms with Gasteiger partial charge in [0.05, 0.1) is 0 Å². The predicted molar refractivity (Wildman–Crippen MR) is 84.0 cm³/mol. The van der Waals surface area contributed by atoms with Crippen LogP contribution in [0.4, 0.5) is 0 Å². The summed E-state index contributed by atoms with van der Waals surface area (Å²) < 4.78 is 0. The largest absolute Gasteiger partial charge is 0.314 e. The van der Waals surface area contributed by atoms with E-state index < -0.39 is 0 Å². The maximum Gasteiger partial charge on any atom is 0.0235 e. The molecule has 0 saturated carbocycles. The van der Waals surface area contributed by atoms with Gasteiger partial charge in [0.25, 0.3) is 0 Å². The molecule has 2 unspecified atom stereocenters. The van der Waals surface area contributed by atoms with Crippen molar-refractivity contribution in [2.75, 3.05) is 40.3 Å². The molecular formula is C15H27N3S. The lowest BCUT2D eigenvalue weighted by Gasteiger charge is -2.39. The summed E-state index contributed by atoms with van der Waals surface area (Å²) in [5.74, 6) is 0. The number of hydrogen-bond acceptors (Lipinski definition) is 4. The van der Waals surface area contributed by atoms with Crippen molar-refractivity contribution < 1.29 is 0 Å². The Hall–Kier alpha value is -0.420. The van der Waals surface area contributed by atoms with E-state index in [0.717, 1.165) is 13.0 Å². The van der Waals surface area contributed by atoms with Crippen LogP contribution in [0, 0.1) is 0 Å². The van der Waals surface area contributed by atoms with E-state index in [9.17, 15) is 0 Å². The van der Waals surface area contributed by atoms with Crippen LogP contribution in [0.5, 0.6) is 0 Å². The second kappa shape index (κ2) is 7.39. The van der Waals surface area contributed by atoms with Gasteiger partial charge in [-0.15, -0.1) is 0 Å². The van der Waals surface area contributed by atoms with Crippen LogP contribution in [0.25, 0.3) is 0 Å². The van der Waals surface area contributed by atoms with Gasteiger partial charge >= 0.3 is 0 Å². The third-order valence-corrected chi connectivity index (χ3v) is 4.82. The smallest absolute Gasteiger partial charge is 0.0235 e. The summed E-state index contributed by atoms with van der Waals surface area (Å²) in [7, 11) is 4.51. The molecule has 0 bridgehead atoms. The summed E-state index contributed by atoms with van der Waals surface area (Å²) in [5.41, 5.74) is 1.47. The summed E-state index contributed by atoms with van der Waals surface area (Å²) in [6, 6.07) is 3.53. The van der Waals surface area contributed by atoms with E-state index in [1.165, 1.54) is 31.6 Å². The Morgan fingerprint density at radius 3 is 2.95 bits per heavy atom. The molecule has 1 N–H and O–H groups in total. The number of thiophene rings is 1. The summed E-state index contributed by atoms with van der Waals surface area (Å²) in [4.78, 5) is 4.98. The van der Waals surface area contributed by atoms with Crippen LogP contribution in [0.1, 0.15) is 18.9 Å². The van der Waals surface area contributed by atoms with E-state index in [0.29, 0.717) is 12.1 Å². The Kier molecular flexibility index (Phi) is 5.82. The molecule has 3 nitrogen and oxygen atoms in total. The number of nitrogens with zero attached hydrogens (tertiary/aromatic N) is 2. The van der Waals surface area contributed by atoms with E-state index in [1.54, 1.807) is 11.3 Å². The number of nitrogens with one attached hydrogen (secondary N) is 1. The summed E-state index contributed by atoms with van der Waals surface area (Å²) in [6.07, 6.45) is 2.40. The SMILES string of the molecule is CCNC(Cc1ccsc1)CC1CN(C)CCN1C. The van der Waals surface area contributed by atoms with Gasteiger partial charge in [0.2, 0.25) is 0 Å². The number of rotatable bonds is 6. The van der Waals surface area contributed by atoms with Crippen LogP contribution in [0.2, 0.25) is 0 Å². The maximum atomic E-state index is 3.66. The quantitative estimate of drug-likeness (QED) is 0.859. The molecule has 0 aromatic carbocycles. The third kappa shape index (κ3) is 4.56. The molecule has 1 aromatic rings. The van der Waals surface area contributed by atoms with Crippen LogP contribution in [0.15, 0.2) is 16.8 Å². The van der Waals surface area contributed by atoms with Gasteiger partial charge in [-0.1, -0.05) is 6.92 Å². The van der Waals surface area contributed by atoms with Crippen molar-refractivity contribution in [1.29, 1.82) is 0 Å². The van der Waals surface area contributed by atoms with Crippen molar-refractivity contribution in [3.8, 4) is 0 Å². The lowest BCUT2D eigenvalue weighted by molar-refractivity contribution is 0.101. The number of likely N-dealkylation sites (N-methyl/N-ethyl adjacent to an activating group) is 3. The van der Waals surface area contributed by atoms with Crippen LogP contribution >= 0.6 is 11.3 Å². The Morgan fingerprint density at radius 1 is 1.42 bits per heavy atom. The van der Waals surface area contributed by atoms with Crippen molar-refractivity contribution in [3.05, 3.63) is 22.4 Å². The molecule has 0 aliphatic carbocycles. The molecule has 1 aliphatic heterocycles. The summed E-state index contributed by atoms with van der Waals surface area (Å²) >= 11 is 1.80. The highest BCUT2D eigenvalue weighted by molar-refractivity contribution is 7.07. The lowest BCUT2D eigenvalue weighted by atomic mass is 9.98. The Morgan fingerprint density at radius 2 is 2.26 bits per heavy atom. The van der Waals surface area contributed by atoms with Crippen molar-refractivity contribution in [2.45, 2.75) is 31.8 Å². The van der Waals surface area contributed by atoms with E-state index in [2.05, 4.69) is 53.0 Å². The monoisotopic (exact) mass is 281 g/mol. The minimum absolute atomic E-state index is 0.596. The average Bonchev–Trinajstić information content (AvgIpc) is 2.87. The second-order valence-corrected chi connectivity index (χ2v) is 6.50. The molecule has 1 aliphatic rings. The molecule has 4 heteroatoms. The molecule has 1 fully saturated rings. The van der Waals surface area contributed by atoms with Crippen LogP contribution in [-0.2, 0) is 6.42 Å². The fraction of sp³-hybridized carbons (Fsp3) is 0.733. The van der Waals surface area contributed by atoms with Crippen molar-refractivity contribution in [3.63, 3.8) is 0 Å². The van der Waals surface area contributed by atoms with E-state index in [4.69, 9.17) is 0 Å². The average molecular weight is 281 g/mol. The van der Waals surface area contributed by atoms with E-state index >= 15 is 0 Å². The zero-order valence-electron chi connectivity index (χ0n) is 12.4. The van der Waals surface area contributed by atoms with Gasteiger partial charge in [0, 0.05) is 31.7 Å². The molecule has 0 amide bonds. The summed E-state index contributed by atoms with van der Waals surface area (Å²) in [5, 5.41) is 8.12. The highest BCUT2D eigenvalue weighted by Crippen LogP contribution is 2.16. The van der Waals surface area contributed by atoms with E-state index in [-0.39, 0.29) is 0 Å². The second-order valence-electron chi connectivity index (χ2n) is 5.72. The zero-order chi connectivity index (χ0) is 13.7. The molecule has 2 atom stereocenters. The van der Waals surface area contributed by atoms with Gasteiger partial charge in [-0.2, -0.15) is 11.3 Å². The maximum absolute atomic E-state index is 3.66. The van der Waals surface area contributed by atoms with Gasteiger partial charge in [0.15, 0.2) is 0 Å². The van der Waals surface area contributed by atoms with Crippen molar-refractivity contribution >= 4 is 11.3 Å². The minimum Gasteiger partial charge on any atom is -0.314 e. The normalized spacial score (nSPS) is 23.6. The van der Waals surface area contributed by atoms with Gasteiger partial charge < -0.3 is 15.1 Å². The van der Waals surface area contributed by atoms with Gasteiger partial charge in [0.1, 0.15) is 0 Å². The molecule has 108 valence electrons. The first kappa shape index (κ1) is 15.0. The first-order valence-corrected chi connectivity index (χ1v) is 8.26. The topological polar surface area (TPSA) is 18.5 Å². The fourth-order valence-electron chi connectivity index (χ4n) is 2.91. The van der Waals surface area contributed by atoms with Crippen molar-refractivity contribution in [1.82, 2.24) is 15.1 Å². The van der Waals surface area contributed by atoms with Crippen LogP contribution in [0.3, 0.4) is 0 Å². The molecule has 2 heterocycles. The first-order valence-electron chi connectivity index (χ1n) is 7.32. The van der Waals surface area contributed by atoms with Crippen LogP contribution in [-0.4, -0.2) is 62.2 Å². The number of hydrogen-bond donors (Lipinski definition) is 1. The molecule has 0 radical (unpaired) electrons. The zero-order valence-corrected chi connectivity index (χ0v) is 13.2. The number of piperazine rings is 1. The van der Waals surface area contributed by atoms with E-state index in [1.807, 2.05) is 0 Å². The minimum atomic E-state index is 0.596. The Bertz CT molecular complexity index is 352. The molecule has 19 heavy (non-hydrogen) atoms. The Balaban J connectivity index is 1.91. The first-order chi connectivity index (χ1) is 9.19. The summed E-state index contributed by atoms with van der Waals surface area (Å²) in [6.45, 7) is 6.85. The lowest BCUT2D eigenvalue weighted by Crippen LogP contribution is -2.52. The standard InChI is InChI=1S/C15H27N3S/c1-4-16-14(9-13-5-8-19-12-13)10-15-11-17(2)6-7-18(15)3/h5,8,12,14-16H,4,6-7,9-11H2,1-3H3. The molecular weight excluding hydrogens is 254 g/mol. The molecule has 1 saturated heterocycles. The van der Waals surface area contributed by atoms with Crippen LogP contribution < -0.4 is 5.32 Å². The molecule has 2 rings (SSSR count). The molecule has 1 aromatic heterocycles. The Labute approximate surface area is 121 Å². The predicted octanol–water partition coefficient (Wildman–Crippen LogP) is 1.90. The third-order valence-electron chi connectivity index (χ3n) is 4.09. The fourth-order valence-corrected chi connectivity index (χ4v) is 3.59. The van der Waals surface area contributed by atoms with Gasteiger partial charge in [-0.25, -0.2) is 0 Å².